The minimum absolute atomic E-state index is 0.0595. The van der Waals surface area contributed by atoms with Crippen LogP contribution in [0.25, 0.3) is 0 Å². The quantitative estimate of drug-likeness (QED) is 0.754. The van der Waals surface area contributed by atoms with E-state index >= 15 is 0 Å². The Balaban J connectivity index is 1.47. The van der Waals surface area contributed by atoms with E-state index < -0.39 is 0 Å². The van der Waals surface area contributed by atoms with Crippen LogP contribution in [-0.2, 0) is 4.79 Å². The van der Waals surface area contributed by atoms with Gasteiger partial charge in [-0.3, -0.25) is 4.79 Å². The highest BCUT2D eigenvalue weighted by atomic mass is 79.9. The Bertz CT molecular complexity index is 387. The van der Waals surface area contributed by atoms with Gasteiger partial charge in [-0.25, -0.2) is 0 Å². The van der Waals surface area contributed by atoms with Crippen molar-refractivity contribution in [2.24, 2.45) is 29.6 Å². The lowest BCUT2D eigenvalue weighted by Gasteiger charge is -2.54. The van der Waals surface area contributed by atoms with Crippen molar-refractivity contribution >= 4 is 21.8 Å². The lowest BCUT2D eigenvalue weighted by Crippen LogP contribution is -2.57. The summed E-state index contributed by atoms with van der Waals surface area (Å²) in [5.41, 5.74) is 0.0595. The molecule has 0 aromatic carbocycles. The number of hydrogen-bond donors (Lipinski definition) is 1. The third-order valence-electron chi connectivity index (χ3n) is 6.98. The normalized spacial score (nSPS) is 43.8. The fourth-order valence-corrected chi connectivity index (χ4v) is 6.92. The topological polar surface area (TPSA) is 29.1 Å². The van der Waals surface area contributed by atoms with Crippen LogP contribution in [0.4, 0.5) is 0 Å². The number of carbonyl (C=O) groups is 1. The van der Waals surface area contributed by atoms with E-state index in [9.17, 15) is 4.79 Å². The van der Waals surface area contributed by atoms with Crippen molar-refractivity contribution < 1.29 is 4.79 Å². The lowest BCUT2D eigenvalue weighted by molar-refractivity contribution is -0.140. The summed E-state index contributed by atoms with van der Waals surface area (Å²) in [7, 11) is 0. The number of halogens is 1. The minimum Gasteiger partial charge on any atom is -0.350 e. The predicted octanol–water partition coefficient (Wildman–Crippen LogP) is 4.27. The van der Waals surface area contributed by atoms with E-state index in [4.69, 9.17) is 0 Å². The molecule has 118 valence electrons. The van der Waals surface area contributed by atoms with Crippen molar-refractivity contribution in [2.75, 3.05) is 5.33 Å². The number of rotatable bonds is 3. The van der Waals surface area contributed by atoms with Crippen molar-refractivity contribution in [3.8, 4) is 0 Å². The second-order valence-corrected chi connectivity index (χ2v) is 8.98. The third-order valence-corrected chi connectivity index (χ3v) is 8.06. The Kier molecular flexibility index (Phi) is 3.84. The van der Waals surface area contributed by atoms with Gasteiger partial charge in [0.05, 0.1) is 0 Å². The average molecular weight is 354 g/mol. The highest BCUT2D eigenvalue weighted by Crippen LogP contribution is 2.56. The molecule has 0 heterocycles. The second-order valence-electron chi connectivity index (χ2n) is 8.42. The van der Waals surface area contributed by atoms with E-state index in [0.717, 1.165) is 30.0 Å². The van der Waals surface area contributed by atoms with Gasteiger partial charge in [-0.15, -0.1) is 0 Å². The molecule has 3 heteroatoms. The van der Waals surface area contributed by atoms with E-state index in [2.05, 4.69) is 21.2 Å². The number of carbonyl (C=O) groups excluding carboxylic acids is 1. The van der Waals surface area contributed by atoms with Crippen LogP contribution in [-0.4, -0.2) is 16.8 Å². The van der Waals surface area contributed by atoms with E-state index in [0.29, 0.717) is 23.7 Å². The van der Waals surface area contributed by atoms with Gasteiger partial charge in [0.1, 0.15) is 0 Å². The molecular weight excluding hydrogens is 326 g/mol. The molecule has 0 radical (unpaired) electrons. The van der Waals surface area contributed by atoms with Crippen LogP contribution < -0.4 is 5.32 Å². The zero-order valence-electron chi connectivity index (χ0n) is 13.0. The molecule has 2 nitrogen and oxygen atoms in total. The maximum atomic E-state index is 13.0. The molecular formula is C18H28BrNO. The summed E-state index contributed by atoms with van der Waals surface area (Å²) in [5.74, 6) is 4.07. The van der Waals surface area contributed by atoms with Crippen LogP contribution in [0.3, 0.4) is 0 Å². The summed E-state index contributed by atoms with van der Waals surface area (Å²) in [6, 6.07) is 0. The van der Waals surface area contributed by atoms with Crippen LogP contribution in [0.15, 0.2) is 0 Å². The zero-order valence-corrected chi connectivity index (χ0v) is 14.5. The van der Waals surface area contributed by atoms with Gasteiger partial charge >= 0.3 is 0 Å². The smallest absolute Gasteiger partial charge is 0.224 e. The SMILES string of the molecule is O=C(NC1(CBr)CCCCC1)C1C2CC3CC(C2)CC1C3. The summed E-state index contributed by atoms with van der Waals surface area (Å²) in [5, 5.41) is 4.45. The molecule has 5 fully saturated rings. The van der Waals surface area contributed by atoms with E-state index in [1.807, 2.05) is 0 Å². The van der Waals surface area contributed by atoms with Crippen molar-refractivity contribution in [1.82, 2.24) is 5.32 Å². The number of hydrogen-bond acceptors (Lipinski definition) is 1. The molecule has 1 amide bonds. The largest absolute Gasteiger partial charge is 0.350 e. The summed E-state index contributed by atoms with van der Waals surface area (Å²) in [6.07, 6.45) is 13.0. The number of amides is 1. The molecule has 0 aliphatic heterocycles. The number of alkyl halides is 1. The van der Waals surface area contributed by atoms with Gasteiger partial charge in [-0.1, -0.05) is 35.2 Å². The Hall–Kier alpha value is -0.0500. The average Bonchev–Trinajstić information content (AvgIpc) is 2.47. The lowest BCUT2D eigenvalue weighted by atomic mass is 9.51. The maximum absolute atomic E-state index is 13.0. The van der Waals surface area contributed by atoms with Gasteiger partial charge in [-0.2, -0.15) is 0 Å². The molecule has 4 bridgehead atoms. The Morgan fingerprint density at radius 1 is 0.952 bits per heavy atom. The Morgan fingerprint density at radius 3 is 2.05 bits per heavy atom. The molecule has 0 atom stereocenters. The summed E-state index contributed by atoms with van der Waals surface area (Å²) < 4.78 is 0. The monoisotopic (exact) mass is 353 g/mol. The van der Waals surface area contributed by atoms with Crippen LogP contribution in [0.2, 0.25) is 0 Å². The molecule has 0 unspecified atom stereocenters. The van der Waals surface area contributed by atoms with Crippen LogP contribution >= 0.6 is 15.9 Å². The van der Waals surface area contributed by atoms with Gasteiger partial charge in [0.25, 0.3) is 0 Å². The molecule has 0 aromatic rings. The summed E-state index contributed by atoms with van der Waals surface area (Å²) in [4.78, 5) is 13.0. The van der Waals surface area contributed by atoms with Gasteiger partial charge in [0.15, 0.2) is 0 Å². The first-order valence-corrected chi connectivity index (χ1v) is 10.2. The molecule has 5 rings (SSSR count). The van der Waals surface area contributed by atoms with Gasteiger partial charge < -0.3 is 5.32 Å². The third kappa shape index (κ3) is 2.58. The van der Waals surface area contributed by atoms with Crippen molar-refractivity contribution in [3.05, 3.63) is 0 Å². The highest BCUT2D eigenvalue weighted by Gasteiger charge is 2.51. The first-order chi connectivity index (χ1) is 10.2. The fourth-order valence-electron chi connectivity index (χ4n) is 6.22. The predicted molar refractivity (Wildman–Crippen MR) is 88.3 cm³/mol. The standard InChI is InChI=1S/C18H28BrNO/c19-11-18(4-2-1-3-5-18)20-17(21)16-14-7-12-6-13(9-14)10-15(16)8-12/h12-16H,1-11H2,(H,20,21). The maximum Gasteiger partial charge on any atom is 0.224 e. The van der Waals surface area contributed by atoms with Crippen LogP contribution in [0.5, 0.6) is 0 Å². The fraction of sp³-hybridized carbons (Fsp3) is 0.944. The zero-order chi connectivity index (χ0) is 14.4. The van der Waals surface area contributed by atoms with Gasteiger partial charge in [-0.05, 0) is 68.6 Å². The van der Waals surface area contributed by atoms with Crippen molar-refractivity contribution in [1.29, 1.82) is 0 Å². The van der Waals surface area contributed by atoms with Crippen molar-refractivity contribution in [3.63, 3.8) is 0 Å². The molecule has 5 aliphatic carbocycles. The van der Waals surface area contributed by atoms with E-state index in [1.54, 1.807) is 0 Å². The highest BCUT2D eigenvalue weighted by molar-refractivity contribution is 9.09. The van der Waals surface area contributed by atoms with Crippen molar-refractivity contribution in [2.45, 2.75) is 69.7 Å². The summed E-state index contributed by atoms with van der Waals surface area (Å²) >= 11 is 3.68. The minimum atomic E-state index is 0.0595. The second kappa shape index (κ2) is 5.54. The molecule has 1 N–H and O–H groups in total. The summed E-state index contributed by atoms with van der Waals surface area (Å²) in [6.45, 7) is 0. The molecule has 0 spiro atoms. The Labute approximate surface area is 136 Å². The molecule has 0 saturated heterocycles. The number of nitrogens with one attached hydrogen (secondary N) is 1. The van der Waals surface area contributed by atoms with Gasteiger partial charge in [0, 0.05) is 16.8 Å². The van der Waals surface area contributed by atoms with Crippen LogP contribution in [0.1, 0.15) is 64.2 Å². The van der Waals surface area contributed by atoms with E-state index in [-0.39, 0.29) is 5.54 Å². The molecule has 21 heavy (non-hydrogen) atoms. The molecule has 5 saturated carbocycles. The van der Waals surface area contributed by atoms with E-state index in [1.165, 1.54) is 51.4 Å². The van der Waals surface area contributed by atoms with Crippen LogP contribution in [0, 0.1) is 29.6 Å². The first-order valence-electron chi connectivity index (χ1n) is 9.07. The molecule has 0 aromatic heterocycles. The van der Waals surface area contributed by atoms with Gasteiger partial charge in [0.2, 0.25) is 5.91 Å². The first kappa shape index (κ1) is 14.5. The molecule has 5 aliphatic rings. The Morgan fingerprint density at radius 2 is 1.52 bits per heavy atom.